The maximum atomic E-state index is 12.8. The molecule has 8 heteroatoms. The van der Waals surface area contributed by atoms with Gasteiger partial charge in [-0.05, 0) is 24.6 Å². The Labute approximate surface area is 155 Å². The first kappa shape index (κ1) is 18.5. The van der Waals surface area contributed by atoms with Crippen molar-refractivity contribution in [2.75, 3.05) is 13.7 Å². The number of esters is 1. The molecule has 0 aliphatic carbocycles. The first-order valence-corrected chi connectivity index (χ1v) is 8.32. The van der Waals surface area contributed by atoms with E-state index in [0.717, 1.165) is 0 Å². The molecule has 2 aromatic rings. The lowest BCUT2D eigenvalue weighted by Gasteiger charge is -2.26. The highest BCUT2D eigenvalue weighted by atomic mass is 16.5. The van der Waals surface area contributed by atoms with Crippen molar-refractivity contribution in [1.29, 1.82) is 0 Å². The largest absolute Gasteiger partial charge is 0.493 e. The average molecular weight is 372 g/mol. The zero-order chi connectivity index (χ0) is 19.7. The molecular formula is C19H20N2O6. The Morgan fingerprint density at radius 3 is 2.70 bits per heavy atom. The fraction of sp³-hybridized carbons (Fsp3) is 0.316. The molecule has 0 fully saturated rings. The number of pyridine rings is 1. The molecule has 2 N–H and O–H groups in total. The summed E-state index contributed by atoms with van der Waals surface area (Å²) in [6, 6.07) is 6.73. The first-order chi connectivity index (χ1) is 12.8. The number of hydrogen-bond acceptors (Lipinski definition) is 6. The van der Waals surface area contributed by atoms with Crippen LogP contribution in [0.2, 0.25) is 0 Å². The van der Waals surface area contributed by atoms with Crippen LogP contribution in [0.25, 0.3) is 0 Å². The molecule has 1 aromatic heterocycles. The van der Waals surface area contributed by atoms with E-state index in [9.17, 15) is 14.4 Å². The SMILES string of the molecule is COc1ccc([C@@H]2CC(=O)Oc3cc(C)n(C)c(=O)c32)cc1OCC(N)=O. The van der Waals surface area contributed by atoms with E-state index in [1.807, 2.05) is 0 Å². The third kappa shape index (κ3) is 3.51. The van der Waals surface area contributed by atoms with Gasteiger partial charge in [-0.25, -0.2) is 0 Å². The van der Waals surface area contributed by atoms with Crippen LogP contribution in [0.3, 0.4) is 0 Å². The van der Waals surface area contributed by atoms with E-state index in [0.29, 0.717) is 28.3 Å². The number of primary amides is 1. The lowest BCUT2D eigenvalue weighted by Crippen LogP contribution is -2.32. The second-order valence-electron chi connectivity index (χ2n) is 6.32. The number of ether oxygens (including phenoxy) is 3. The number of methoxy groups -OCH3 is 1. The van der Waals surface area contributed by atoms with Gasteiger partial charge in [-0.15, -0.1) is 0 Å². The van der Waals surface area contributed by atoms with Crippen LogP contribution in [0, 0.1) is 6.92 Å². The van der Waals surface area contributed by atoms with E-state index in [1.54, 1.807) is 38.2 Å². The number of rotatable bonds is 5. The summed E-state index contributed by atoms with van der Waals surface area (Å²) >= 11 is 0. The normalized spacial score (nSPS) is 15.7. The highest BCUT2D eigenvalue weighted by Gasteiger charge is 2.32. The molecule has 1 amide bonds. The highest BCUT2D eigenvalue weighted by Crippen LogP contribution is 2.39. The van der Waals surface area contributed by atoms with Crippen molar-refractivity contribution < 1.29 is 23.8 Å². The monoisotopic (exact) mass is 372 g/mol. The second-order valence-corrected chi connectivity index (χ2v) is 6.32. The highest BCUT2D eigenvalue weighted by molar-refractivity contribution is 5.78. The molecule has 0 radical (unpaired) electrons. The number of amides is 1. The van der Waals surface area contributed by atoms with Crippen LogP contribution in [0.4, 0.5) is 0 Å². The van der Waals surface area contributed by atoms with Gasteiger partial charge in [-0.1, -0.05) is 6.07 Å². The van der Waals surface area contributed by atoms with Crippen molar-refractivity contribution in [2.24, 2.45) is 12.8 Å². The molecule has 3 rings (SSSR count). The summed E-state index contributed by atoms with van der Waals surface area (Å²) < 4.78 is 17.4. The van der Waals surface area contributed by atoms with Crippen molar-refractivity contribution in [2.45, 2.75) is 19.3 Å². The van der Waals surface area contributed by atoms with Gasteiger partial charge in [0.15, 0.2) is 18.1 Å². The van der Waals surface area contributed by atoms with Crippen molar-refractivity contribution in [3.8, 4) is 17.2 Å². The summed E-state index contributed by atoms with van der Waals surface area (Å²) in [4.78, 5) is 35.9. The van der Waals surface area contributed by atoms with Crippen molar-refractivity contribution in [3.05, 3.63) is 51.4 Å². The van der Waals surface area contributed by atoms with Crippen LogP contribution in [0.5, 0.6) is 17.2 Å². The lowest BCUT2D eigenvalue weighted by atomic mass is 9.86. The number of benzene rings is 1. The summed E-state index contributed by atoms with van der Waals surface area (Å²) in [5.74, 6) is -0.558. The molecule has 0 spiro atoms. The van der Waals surface area contributed by atoms with Crippen molar-refractivity contribution >= 4 is 11.9 Å². The topological polar surface area (TPSA) is 110 Å². The van der Waals surface area contributed by atoms with E-state index in [4.69, 9.17) is 19.9 Å². The Kier molecular flexibility index (Phi) is 4.89. The van der Waals surface area contributed by atoms with Gasteiger partial charge in [0.2, 0.25) is 0 Å². The number of carbonyl (C=O) groups excluding carboxylic acids is 2. The maximum absolute atomic E-state index is 12.8. The molecule has 27 heavy (non-hydrogen) atoms. The zero-order valence-corrected chi connectivity index (χ0v) is 15.3. The minimum absolute atomic E-state index is 0.0207. The summed E-state index contributed by atoms with van der Waals surface area (Å²) in [7, 11) is 3.14. The molecule has 1 aliphatic rings. The standard InChI is InChI=1S/C19H20N2O6/c1-10-6-15-18(19(24)21(10)2)12(8-17(23)27-15)11-4-5-13(25-3)14(7-11)26-9-16(20)22/h4-7,12H,8-9H2,1-3H3,(H2,20,22)/t12-/m0/s1. The minimum atomic E-state index is -0.626. The summed E-state index contributed by atoms with van der Waals surface area (Å²) in [6.45, 7) is 1.45. The molecule has 1 aliphatic heterocycles. The smallest absolute Gasteiger partial charge is 0.312 e. The van der Waals surface area contributed by atoms with Crippen LogP contribution in [-0.2, 0) is 16.6 Å². The van der Waals surface area contributed by atoms with Crippen LogP contribution in [0.15, 0.2) is 29.1 Å². The molecule has 1 atom stereocenters. The average Bonchev–Trinajstić information content (AvgIpc) is 2.63. The van der Waals surface area contributed by atoms with Gasteiger partial charge in [0.05, 0.1) is 19.1 Å². The van der Waals surface area contributed by atoms with Crippen molar-refractivity contribution in [1.82, 2.24) is 4.57 Å². The molecular weight excluding hydrogens is 352 g/mol. The summed E-state index contributed by atoms with van der Waals surface area (Å²) in [5.41, 5.74) is 6.68. The van der Waals surface area contributed by atoms with Gasteiger partial charge in [-0.2, -0.15) is 0 Å². The number of aromatic nitrogens is 1. The molecule has 0 unspecified atom stereocenters. The predicted octanol–water partition coefficient (Wildman–Crippen LogP) is 1.01. The maximum Gasteiger partial charge on any atom is 0.312 e. The molecule has 0 saturated carbocycles. The molecule has 8 nitrogen and oxygen atoms in total. The molecule has 0 saturated heterocycles. The van der Waals surface area contributed by atoms with Crippen molar-refractivity contribution in [3.63, 3.8) is 0 Å². The van der Waals surface area contributed by atoms with Gasteiger partial charge >= 0.3 is 5.97 Å². The van der Waals surface area contributed by atoms with E-state index >= 15 is 0 Å². The Bertz CT molecular complexity index is 979. The Morgan fingerprint density at radius 1 is 1.30 bits per heavy atom. The summed E-state index contributed by atoms with van der Waals surface area (Å²) in [6.07, 6.45) is 0.0207. The molecule has 1 aromatic carbocycles. The Balaban J connectivity index is 2.11. The van der Waals surface area contributed by atoms with E-state index in [-0.39, 0.29) is 24.3 Å². The van der Waals surface area contributed by atoms with Gasteiger partial charge < -0.3 is 24.5 Å². The second kappa shape index (κ2) is 7.14. The number of nitrogens with two attached hydrogens (primary N) is 1. The van der Waals surface area contributed by atoms with Gasteiger partial charge in [-0.3, -0.25) is 14.4 Å². The zero-order valence-electron chi connectivity index (χ0n) is 15.3. The quantitative estimate of drug-likeness (QED) is 0.785. The van der Waals surface area contributed by atoms with Crippen LogP contribution in [0.1, 0.15) is 29.2 Å². The van der Waals surface area contributed by atoms with E-state index in [2.05, 4.69) is 0 Å². The fourth-order valence-corrected chi connectivity index (χ4v) is 3.11. The lowest BCUT2D eigenvalue weighted by molar-refractivity contribution is -0.135. The van der Waals surface area contributed by atoms with Gasteiger partial charge in [0, 0.05) is 24.7 Å². The van der Waals surface area contributed by atoms with Gasteiger partial charge in [0.1, 0.15) is 5.75 Å². The minimum Gasteiger partial charge on any atom is -0.493 e. The third-order valence-corrected chi connectivity index (χ3v) is 4.57. The summed E-state index contributed by atoms with van der Waals surface area (Å²) in [5, 5.41) is 0. The molecule has 2 heterocycles. The van der Waals surface area contributed by atoms with E-state index < -0.39 is 17.8 Å². The van der Waals surface area contributed by atoms with Crippen LogP contribution < -0.4 is 25.5 Å². The molecule has 142 valence electrons. The van der Waals surface area contributed by atoms with E-state index in [1.165, 1.54) is 11.7 Å². The number of fused-ring (bicyclic) bond motifs is 1. The number of nitrogens with zero attached hydrogens (tertiary/aromatic N) is 1. The number of carbonyl (C=O) groups is 2. The van der Waals surface area contributed by atoms with Gasteiger partial charge in [0.25, 0.3) is 11.5 Å². The van der Waals surface area contributed by atoms with Crippen LogP contribution in [-0.4, -0.2) is 30.2 Å². The van der Waals surface area contributed by atoms with Crippen LogP contribution >= 0.6 is 0 Å². The Morgan fingerprint density at radius 2 is 2.04 bits per heavy atom. The predicted molar refractivity (Wildman–Crippen MR) is 96.2 cm³/mol. The molecule has 0 bridgehead atoms. The fourth-order valence-electron chi connectivity index (χ4n) is 3.11. The number of hydrogen-bond donors (Lipinski definition) is 1. The third-order valence-electron chi connectivity index (χ3n) is 4.57. The Hall–Kier alpha value is -3.29. The first-order valence-electron chi connectivity index (χ1n) is 8.32. The number of aryl methyl sites for hydroxylation is 1.